The van der Waals surface area contributed by atoms with Crippen LogP contribution in [0.5, 0.6) is 0 Å². The number of alkyl halides is 3. The van der Waals surface area contributed by atoms with E-state index in [0.717, 1.165) is 25.7 Å². The maximum Gasteiger partial charge on any atom is 0.408 e. The lowest BCUT2D eigenvalue weighted by molar-refractivity contribution is -0.141. The Kier molecular flexibility index (Phi) is 10.6. The van der Waals surface area contributed by atoms with Crippen LogP contribution < -0.4 is 5.32 Å². The van der Waals surface area contributed by atoms with E-state index in [9.17, 15) is 9.59 Å². The van der Waals surface area contributed by atoms with Crippen molar-refractivity contribution in [3.05, 3.63) is 12.2 Å². The Morgan fingerprint density at radius 2 is 1.95 bits per heavy atom. The third kappa shape index (κ3) is 11.7. The minimum Gasteiger partial charge on any atom is -0.467 e. The zero-order chi connectivity index (χ0) is 16.3. The molecule has 0 bridgehead atoms. The molecule has 0 aliphatic rings. The first-order valence-corrected chi connectivity index (χ1v) is 7.68. The summed E-state index contributed by atoms with van der Waals surface area (Å²) in [6.45, 7) is 1.68. The minimum atomic E-state index is -1.70. The Morgan fingerprint density at radius 1 is 1.29 bits per heavy atom. The highest BCUT2D eigenvalue weighted by Crippen LogP contribution is 2.25. The van der Waals surface area contributed by atoms with Gasteiger partial charge < -0.3 is 14.8 Å². The maximum atomic E-state index is 11.5. The molecular formula is C13H20Cl3NO4. The fourth-order valence-electron chi connectivity index (χ4n) is 1.37. The van der Waals surface area contributed by atoms with E-state index < -0.39 is 28.5 Å². The third-order valence-electron chi connectivity index (χ3n) is 2.40. The van der Waals surface area contributed by atoms with Gasteiger partial charge in [-0.15, -0.1) is 0 Å². The first-order valence-electron chi connectivity index (χ1n) is 6.54. The average Bonchev–Trinajstić information content (AvgIpc) is 2.42. The third-order valence-corrected chi connectivity index (χ3v) is 2.73. The van der Waals surface area contributed by atoms with Gasteiger partial charge in [0.15, 0.2) is 0 Å². The molecule has 0 aliphatic carbocycles. The highest BCUT2D eigenvalue weighted by molar-refractivity contribution is 6.67. The van der Waals surface area contributed by atoms with Crippen LogP contribution >= 0.6 is 34.8 Å². The molecule has 0 aromatic rings. The number of halogens is 3. The van der Waals surface area contributed by atoms with Gasteiger partial charge in [-0.25, -0.2) is 9.59 Å². The molecule has 0 saturated carbocycles. The Labute approximate surface area is 139 Å². The molecule has 1 unspecified atom stereocenters. The molecule has 0 aromatic carbocycles. The smallest absolute Gasteiger partial charge is 0.408 e. The normalized spacial score (nSPS) is 13.0. The van der Waals surface area contributed by atoms with Crippen molar-refractivity contribution in [2.75, 3.05) is 13.7 Å². The van der Waals surface area contributed by atoms with Crippen molar-refractivity contribution in [1.29, 1.82) is 0 Å². The highest BCUT2D eigenvalue weighted by atomic mass is 35.6. The number of hydrogen-bond donors (Lipinski definition) is 1. The summed E-state index contributed by atoms with van der Waals surface area (Å²) in [5, 5.41) is 2.33. The number of allylic oxidation sites excluding steroid dienone is 1. The van der Waals surface area contributed by atoms with Crippen molar-refractivity contribution in [3.8, 4) is 0 Å². The molecule has 0 spiro atoms. The standard InChI is InChI=1S/C13H20Cl3NO4/c1-3-4-5-6-7-8-10(11(18)20-2)17-12(19)21-9-13(14,15)16/h7-8,10H,3-6,9H2,1-2H3,(H,17,19)/b8-7+. The lowest BCUT2D eigenvalue weighted by Crippen LogP contribution is -2.41. The van der Waals surface area contributed by atoms with E-state index in [1.165, 1.54) is 7.11 Å². The summed E-state index contributed by atoms with van der Waals surface area (Å²) in [5.41, 5.74) is 0. The van der Waals surface area contributed by atoms with E-state index in [1.54, 1.807) is 6.08 Å². The van der Waals surface area contributed by atoms with E-state index in [1.807, 2.05) is 6.08 Å². The van der Waals surface area contributed by atoms with Crippen LogP contribution in [0.15, 0.2) is 12.2 Å². The molecular weight excluding hydrogens is 341 g/mol. The van der Waals surface area contributed by atoms with Crippen LogP contribution in [0.3, 0.4) is 0 Å². The number of amides is 1. The number of rotatable bonds is 8. The fraction of sp³-hybridized carbons (Fsp3) is 0.692. The molecule has 5 nitrogen and oxygen atoms in total. The predicted molar refractivity (Wildman–Crippen MR) is 83.9 cm³/mol. The van der Waals surface area contributed by atoms with Crippen LogP contribution in [0.1, 0.15) is 32.6 Å². The van der Waals surface area contributed by atoms with Crippen molar-refractivity contribution in [1.82, 2.24) is 5.32 Å². The first-order chi connectivity index (χ1) is 9.80. The van der Waals surface area contributed by atoms with Crippen LogP contribution in [-0.4, -0.2) is 35.6 Å². The van der Waals surface area contributed by atoms with Gasteiger partial charge in [0.2, 0.25) is 3.79 Å². The van der Waals surface area contributed by atoms with E-state index in [-0.39, 0.29) is 0 Å². The summed E-state index contributed by atoms with van der Waals surface area (Å²) in [4.78, 5) is 23.1. The number of carbonyl (C=O) groups is 2. The Morgan fingerprint density at radius 3 is 2.48 bits per heavy atom. The first kappa shape index (κ1) is 20.3. The Bertz CT molecular complexity index is 356. The molecule has 0 fully saturated rings. The number of nitrogens with one attached hydrogen (secondary N) is 1. The summed E-state index contributed by atoms with van der Waals surface area (Å²) in [7, 11) is 1.23. The number of carbonyl (C=O) groups excluding carboxylic acids is 2. The summed E-state index contributed by atoms with van der Waals surface area (Å²) in [6.07, 6.45) is 6.53. The van der Waals surface area contributed by atoms with Crippen molar-refractivity contribution >= 4 is 46.9 Å². The number of esters is 1. The molecule has 0 heterocycles. The Hall–Kier alpha value is -0.650. The van der Waals surface area contributed by atoms with Gasteiger partial charge in [0, 0.05) is 0 Å². The molecule has 1 amide bonds. The zero-order valence-corrected chi connectivity index (χ0v) is 14.3. The maximum absolute atomic E-state index is 11.5. The van der Waals surface area contributed by atoms with Crippen molar-refractivity contribution in [3.63, 3.8) is 0 Å². The number of hydrogen-bond acceptors (Lipinski definition) is 4. The highest BCUT2D eigenvalue weighted by Gasteiger charge is 2.24. The topological polar surface area (TPSA) is 64.6 Å². The Balaban J connectivity index is 4.35. The van der Waals surface area contributed by atoms with Crippen LogP contribution in [0.4, 0.5) is 4.79 Å². The van der Waals surface area contributed by atoms with Gasteiger partial charge in [-0.2, -0.15) is 0 Å². The van der Waals surface area contributed by atoms with Crippen molar-refractivity contribution < 1.29 is 19.1 Å². The molecule has 0 aliphatic heterocycles. The number of ether oxygens (including phenoxy) is 2. The minimum absolute atomic E-state index is 0.419. The molecule has 21 heavy (non-hydrogen) atoms. The summed E-state index contributed by atoms with van der Waals surface area (Å²) >= 11 is 16.4. The monoisotopic (exact) mass is 359 g/mol. The molecule has 0 aromatic heterocycles. The molecule has 1 N–H and O–H groups in total. The predicted octanol–water partition coefficient (Wildman–Crippen LogP) is 3.76. The summed E-state index contributed by atoms with van der Waals surface area (Å²) in [5.74, 6) is -0.604. The quantitative estimate of drug-likeness (QED) is 0.310. The van der Waals surface area contributed by atoms with E-state index in [0.29, 0.717) is 0 Å². The van der Waals surface area contributed by atoms with Crippen molar-refractivity contribution in [2.24, 2.45) is 0 Å². The lowest BCUT2D eigenvalue weighted by atomic mass is 10.1. The van der Waals surface area contributed by atoms with Gasteiger partial charge in [0.05, 0.1) is 7.11 Å². The lowest BCUT2D eigenvalue weighted by Gasteiger charge is -2.15. The van der Waals surface area contributed by atoms with Gasteiger partial charge >= 0.3 is 12.1 Å². The van der Waals surface area contributed by atoms with Gasteiger partial charge in [-0.3, -0.25) is 0 Å². The average molecular weight is 361 g/mol. The second kappa shape index (κ2) is 11.0. The van der Waals surface area contributed by atoms with Gasteiger partial charge in [-0.05, 0) is 12.8 Å². The van der Waals surface area contributed by atoms with Crippen LogP contribution in [-0.2, 0) is 14.3 Å². The fourth-order valence-corrected chi connectivity index (χ4v) is 1.54. The molecule has 122 valence electrons. The van der Waals surface area contributed by atoms with Crippen LogP contribution in [0.25, 0.3) is 0 Å². The summed E-state index contributed by atoms with van der Waals surface area (Å²) < 4.78 is 7.59. The molecule has 0 saturated heterocycles. The van der Waals surface area contributed by atoms with E-state index in [4.69, 9.17) is 34.8 Å². The van der Waals surface area contributed by atoms with Gasteiger partial charge in [-0.1, -0.05) is 66.7 Å². The second-order valence-corrected chi connectivity index (χ2v) is 6.78. The SMILES string of the molecule is CCCCC/C=C/C(NC(=O)OCC(Cl)(Cl)Cl)C(=O)OC. The van der Waals surface area contributed by atoms with Crippen LogP contribution in [0, 0.1) is 0 Å². The van der Waals surface area contributed by atoms with Gasteiger partial charge in [0.1, 0.15) is 12.6 Å². The van der Waals surface area contributed by atoms with E-state index in [2.05, 4.69) is 21.7 Å². The number of methoxy groups -OCH3 is 1. The summed E-state index contributed by atoms with van der Waals surface area (Å²) in [6, 6.07) is -0.931. The molecule has 1 atom stereocenters. The zero-order valence-electron chi connectivity index (χ0n) is 12.0. The molecule has 0 rings (SSSR count). The molecule has 0 radical (unpaired) electrons. The second-order valence-electron chi connectivity index (χ2n) is 4.26. The van der Waals surface area contributed by atoms with Gasteiger partial charge in [0.25, 0.3) is 0 Å². The molecule has 8 heteroatoms. The number of alkyl carbamates (subject to hydrolysis) is 1. The largest absolute Gasteiger partial charge is 0.467 e. The van der Waals surface area contributed by atoms with E-state index >= 15 is 0 Å². The number of unbranched alkanes of at least 4 members (excludes halogenated alkanes) is 3. The van der Waals surface area contributed by atoms with Crippen LogP contribution in [0.2, 0.25) is 0 Å². The van der Waals surface area contributed by atoms with Crippen molar-refractivity contribution in [2.45, 2.75) is 42.4 Å².